The average molecular weight is 424 g/mol. The number of tetrazole rings is 1. The summed E-state index contributed by atoms with van der Waals surface area (Å²) in [6.07, 6.45) is 0.882. The fraction of sp³-hybridized carbons (Fsp3) is 0.565. The first kappa shape index (κ1) is 21.6. The molecule has 8 nitrogen and oxygen atoms in total. The lowest BCUT2D eigenvalue weighted by atomic mass is 9.97. The molecule has 0 unspecified atom stereocenters. The van der Waals surface area contributed by atoms with Crippen molar-refractivity contribution in [2.45, 2.75) is 52.6 Å². The number of hydrogen-bond acceptors (Lipinski definition) is 6. The largest absolute Gasteiger partial charge is 0.322 e. The lowest BCUT2D eigenvalue weighted by Gasteiger charge is -2.38. The van der Waals surface area contributed by atoms with Gasteiger partial charge >= 0.3 is 0 Å². The molecule has 166 valence electrons. The number of rotatable bonds is 5. The van der Waals surface area contributed by atoms with Gasteiger partial charge in [-0.2, -0.15) is 0 Å². The fourth-order valence-electron chi connectivity index (χ4n) is 4.42. The van der Waals surface area contributed by atoms with Crippen LogP contribution in [-0.2, 0) is 5.54 Å². The van der Waals surface area contributed by atoms with E-state index in [2.05, 4.69) is 71.1 Å². The van der Waals surface area contributed by atoms with Crippen molar-refractivity contribution >= 4 is 10.9 Å². The number of pyridine rings is 1. The number of aromatic nitrogens is 5. The molecule has 31 heavy (non-hydrogen) atoms. The number of H-pyrrole nitrogens is 1. The maximum atomic E-state index is 13.4. The van der Waals surface area contributed by atoms with Crippen molar-refractivity contribution in [3.05, 3.63) is 51.1 Å². The monoisotopic (exact) mass is 423 g/mol. The van der Waals surface area contributed by atoms with Crippen LogP contribution in [0.15, 0.2) is 23.0 Å². The van der Waals surface area contributed by atoms with Crippen molar-refractivity contribution in [2.24, 2.45) is 0 Å². The van der Waals surface area contributed by atoms with Crippen LogP contribution in [0.25, 0.3) is 10.9 Å². The predicted molar refractivity (Wildman–Crippen MR) is 122 cm³/mol. The zero-order valence-electron chi connectivity index (χ0n) is 19.4. The Bertz CT molecular complexity index is 1140. The highest BCUT2D eigenvalue weighted by Crippen LogP contribution is 2.31. The number of hydrogen-bond donors (Lipinski definition) is 1. The third kappa shape index (κ3) is 4.02. The summed E-state index contributed by atoms with van der Waals surface area (Å²) in [5.41, 5.74) is 3.53. The Morgan fingerprint density at radius 1 is 1.13 bits per heavy atom. The van der Waals surface area contributed by atoms with Gasteiger partial charge in [-0.25, -0.2) is 4.68 Å². The fourth-order valence-corrected chi connectivity index (χ4v) is 4.42. The van der Waals surface area contributed by atoms with E-state index in [1.165, 1.54) is 0 Å². The Hall–Kier alpha value is -2.58. The van der Waals surface area contributed by atoms with E-state index < -0.39 is 0 Å². The van der Waals surface area contributed by atoms with Crippen molar-refractivity contribution in [3.8, 4) is 0 Å². The number of benzene rings is 1. The Morgan fingerprint density at radius 3 is 2.52 bits per heavy atom. The number of likely N-dealkylation sites (N-methyl/N-ethyl adjacent to an activating group) is 1. The molecule has 0 bridgehead atoms. The topological polar surface area (TPSA) is 82.9 Å². The maximum Gasteiger partial charge on any atom is 0.253 e. The highest BCUT2D eigenvalue weighted by Gasteiger charge is 2.35. The second-order valence-electron chi connectivity index (χ2n) is 9.45. The molecule has 2 aromatic heterocycles. The number of fused-ring (bicyclic) bond motifs is 1. The molecule has 1 saturated heterocycles. The van der Waals surface area contributed by atoms with Crippen molar-refractivity contribution in [3.63, 3.8) is 0 Å². The van der Waals surface area contributed by atoms with E-state index in [1.807, 2.05) is 23.7 Å². The van der Waals surface area contributed by atoms with Gasteiger partial charge in [0.1, 0.15) is 6.04 Å². The van der Waals surface area contributed by atoms with E-state index in [-0.39, 0.29) is 17.1 Å². The van der Waals surface area contributed by atoms with Gasteiger partial charge in [0, 0.05) is 42.6 Å². The highest BCUT2D eigenvalue weighted by atomic mass is 16.1. The van der Waals surface area contributed by atoms with Gasteiger partial charge in [0.15, 0.2) is 5.82 Å². The smallest absolute Gasteiger partial charge is 0.253 e. The molecule has 1 N–H and O–H groups in total. The summed E-state index contributed by atoms with van der Waals surface area (Å²) in [6.45, 7) is 14.1. The molecule has 3 aromatic rings. The summed E-state index contributed by atoms with van der Waals surface area (Å²) in [7, 11) is 2.13. The Morgan fingerprint density at radius 2 is 1.84 bits per heavy atom. The van der Waals surface area contributed by atoms with Crippen LogP contribution in [0.2, 0.25) is 0 Å². The molecule has 1 atom stereocenters. The van der Waals surface area contributed by atoms with Gasteiger partial charge < -0.3 is 9.88 Å². The molecule has 1 fully saturated rings. The number of nitrogens with one attached hydrogen (secondary N) is 1. The quantitative estimate of drug-likeness (QED) is 0.679. The van der Waals surface area contributed by atoms with Crippen LogP contribution in [0.5, 0.6) is 0 Å². The zero-order chi connectivity index (χ0) is 22.3. The van der Waals surface area contributed by atoms with Gasteiger partial charge in [-0.15, -0.1) is 5.10 Å². The van der Waals surface area contributed by atoms with Gasteiger partial charge in [-0.3, -0.25) is 9.69 Å². The second-order valence-corrected chi connectivity index (χ2v) is 9.45. The summed E-state index contributed by atoms with van der Waals surface area (Å²) < 4.78 is 1.90. The maximum absolute atomic E-state index is 13.4. The first-order valence-corrected chi connectivity index (χ1v) is 11.1. The summed E-state index contributed by atoms with van der Waals surface area (Å²) in [5, 5.41) is 13.9. The average Bonchev–Trinajstić information content (AvgIpc) is 3.20. The lowest BCUT2D eigenvalue weighted by molar-refractivity contribution is 0.117. The van der Waals surface area contributed by atoms with Gasteiger partial charge in [0.25, 0.3) is 5.56 Å². The summed E-state index contributed by atoms with van der Waals surface area (Å²) in [6, 6.07) is 5.93. The number of aromatic amines is 1. The van der Waals surface area contributed by atoms with Crippen LogP contribution in [0, 0.1) is 13.8 Å². The van der Waals surface area contributed by atoms with Crippen molar-refractivity contribution in [2.75, 3.05) is 33.2 Å². The molecule has 0 radical (unpaired) electrons. The number of nitrogens with zero attached hydrogens (tertiary/aromatic N) is 6. The van der Waals surface area contributed by atoms with E-state index in [4.69, 9.17) is 0 Å². The third-order valence-electron chi connectivity index (χ3n) is 6.72. The molecular formula is C23H33N7O. The predicted octanol–water partition coefficient (Wildman–Crippen LogP) is 2.61. The lowest BCUT2D eigenvalue weighted by Crippen LogP contribution is -2.48. The molecule has 0 saturated carbocycles. The van der Waals surface area contributed by atoms with Crippen molar-refractivity contribution in [1.29, 1.82) is 0 Å². The highest BCUT2D eigenvalue weighted by molar-refractivity contribution is 5.83. The van der Waals surface area contributed by atoms with E-state index in [1.54, 1.807) is 0 Å². The summed E-state index contributed by atoms with van der Waals surface area (Å²) in [4.78, 5) is 21.1. The number of aryl methyl sites for hydroxylation is 2. The molecule has 1 aliphatic rings. The van der Waals surface area contributed by atoms with E-state index in [0.29, 0.717) is 5.56 Å². The Kier molecular flexibility index (Phi) is 5.70. The van der Waals surface area contributed by atoms with Gasteiger partial charge in [-0.05, 0) is 74.8 Å². The van der Waals surface area contributed by atoms with Crippen LogP contribution in [0.4, 0.5) is 0 Å². The van der Waals surface area contributed by atoms with E-state index >= 15 is 0 Å². The number of piperazine rings is 1. The minimum absolute atomic E-state index is 0.0784. The SMILES string of the molecule is CCC(C)(C)n1nnnc1[C@H](c1cc2c(C)cc(C)cc2[nH]c1=O)N1CCN(C)CC1. The molecule has 0 spiro atoms. The standard InChI is InChI=1S/C23H33N7O/c1-7-23(4,5)30-21(25-26-27-30)20(29-10-8-28(6)9-11-29)18-14-17-16(3)12-15(2)13-19(17)24-22(18)31/h12-14,20H,7-11H2,1-6H3,(H,24,31)/t20-/m0/s1. The minimum Gasteiger partial charge on any atom is -0.322 e. The van der Waals surface area contributed by atoms with Gasteiger partial charge in [0.05, 0.1) is 5.54 Å². The Balaban J connectivity index is 1.92. The van der Waals surface area contributed by atoms with Crippen LogP contribution in [0.1, 0.15) is 55.7 Å². The molecular weight excluding hydrogens is 390 g/mol. The van der Waals surface area contributed by atoms with Crippen LogP contribution >= 0.6 is 0 Å². The molecule has 0 amide bonds. The molecule has 1 aromatic carbocycles. The van der Waals surface area contributed by atoms with Crippen molar-refractivity contribution < 1.29 is 0 Å². The molecule has 0 aliphatic carbocycles. The first-order chi connectivity index (χ1) is 14.7. The third-order valence-corrected chi connectivity index (χ3v) is 6.72. The molecule has 4 rings (SSSR count). The van der Waals surface area contributed by atoms with Crippen LogP contribution < -0.4 is 5.56 Å². The zero-order valence-corrected chi connectivity index (χ0v) is 19.4. The minimum atomic E-state index is -0.302. The summed E-state index contributed by atoms with van der Waals surface area (Å²) in [5.74, 6) is 0.728. The van der Waals surface area contributed by atoms with Gasteiger partial charge in [0.2, 0.25) is 0 Å². The van der Waals surface area contributed by atoms with Crippen LogP contribution in [-0.4, -0.2) is 68.2 Å². The van der Waals surface area contributed by atoms with Crippen molar-refractivity contribution in [1.82, 2.24) is 35.0 Å². The first-order valence-electron chi connectivity index (χ1n) is 11.1. The molecule has 3 heterocycles. The molecule has 8 heteroatoms. The molecule has 1 aliphatic heterocycles. The van der Waals surface area contributed by atoms with E-state index in [9.17, 15) is 4.79 Å². The Labute approximate surface area is 183 Å². The second kappa shape index (κ2) is 8.16. The van der Waals surface area contributed by atoms with Crippen LogP contribution in [0.3, 0.4) is 0 Å². The van der Waals surface area contributed by atoms with E-state index in [0.717, 1.165) is 60.5 Å². The normalized spacial score (nSPS) is 17.4. The van der Waals surface area contributed by atoms with Gasteiger partial charge in [-0.1, -0.05) is 13.0 Å². The summed E-state index contributed by atoms with van der Waals surface area (Å²) >= 11 is 0.